The van der Waals surface area contributed by atoms with Crippen LogP contribution in [0.1, 0.15) is 27.7 Å². The Kier molecular flexibility index (Phi) is 6.79. The SMILES string of the molecule is COc1ccc(C2C(C(=O)c3cccs3)=C(O)C(=O)N2CCCN(C)C)cc1OC. The van der Waals surface area contributed by atoms with Gasteiger partial charge in [-0.2, -0.15) is 0 Å². The molecule has 2 heterocycles. The molecule has 1 atom stereocenters. The molecule has 0 saturated heterocycles. The normalized spacial score (nSPS) is 16.5. The maximum atomic E-state index is 13.2. The van der Waals surface area contributed by atoms with Gasteiger partial charge in [-0.15, -0.1) is 11.3 Å². The first-order chi connectivity index (χ1) is 14.4. The molecule has 1 N–H and O–H groups in total. The highest BCUT2D eigenvalue weighted by atomic mass is 32.1. The fourth-order valence-corrected chi connectivity index (χ4v) is 4.26. The molecule has 8 heteroatoms. The molecule has 1 aliphatic heterocycles. The Balaban J connectivity index is 2.05. The summed E-state index contributed by atoms with van der Waals surface area (Å²) in [6.45, 7) is 1.18. The van der Waals surface area contributed by atoms with Gasteiger partial charge in [-0.3, -0.25) is 9.59 Å². The van der Waals surface area contributed by atoms with E-state index in [9.17, 15) is 14.7 Å². The third-order valence-corrected chi connectivity index (χ3v) is 5.89. The van der Waals surface area contributed by atoms with Gasteiger partial charge in [-0.1, -0.05) is 12.1 Å². The lowest BCUT2D eigenvalue weighted by molar-refractivity contribution is -0.129. The van der Waals surface area contributed by atoms with E-state index in [0.717, 1.165) is 6.54 Å². The van der Waals surface area contributed by atoms with E-state index in [1.54, 1.807) is 47.7 Å². The van der Waals surface area contributed by atoms with Crippen molar-refractivity contribution in [1.82, 2.24) is 9.80 Å². The number of amides is 1. The van der Waals surface area contributed by atoms with Gasteiger partial charge < -0.3 is 24.4 Å². The van der Waals surface area contributed by atoms with Crippen molar-refractivity contribution in [1.29, 1.82) is 0 Å². The number of hydrogen-bond donors (Lipinski definition) is 1. The Hall–Kier alpha value is -2.84. The molecule has 0 radical (unpaired) electrons. The summed E-state index contributed by atoms with van der Waals surface area (Å²) < 4.78 is 10.7. The highest BCUT2D eigenvalue weighted by Crippen LogP contribution is 2.42. The number of aliphatic hydroxyl groups excluding tert-OH is 1. The maximum Gasteiger partial charge on any atom is 0.290 e. The van der Waals surface area contributed by atoms with Crippen LogP contribution in [0.25, 0.3) is 0 Å². The minimum atomic E-state index is -0.700. The van der Waals surface area contributed by atoms with Crippen molar-refractivity contribution in [2.75, 3.05) is 41.4 Å². The molecule has 2 aromatic rings. The van der Waals surface area contributed by atoms with Crippen LogP contribution in [-0.4, -0.2) is 68.0 Å². The van der Waals surface area contributed by atoms with Crippen molar-refractivity contribution in [2.24, 2.45) is 0 Å². The van der Waals surface area contributed by atoms with Crippen molar-refractivity contribution in [2.45, 2.75) is 12.5 Å². The van der Waals surface area contributed by atoms with E-state index in [2.05, 4.69) is 0 Å². The van der Waals surface area contributed by atoms with Gasteiger partial charge in [0.2, 0.25) is 5.78 Å². The summed E-state index contributed by atoms with van der Waals surface area (Å²) in [5, 5.41) is 12.5. The molecule has 1 amide bonds. The molecule has 3 rings (SSSR count). The van der Waals surface area contributed by atoms with Crippen molar-refractivity contribution in [3.8, 4) is 11.5 Å². The van der Waals surface area contributed by atoms with Gasteiger partial charge in [0, 0.05) is 6.54 Å². The summed E-state index contributed by atoms with van der Waals surface area (Å²) in [5.74, 6) is -0.328. The number of benzene rings is 1. The Labute approximate surface area is 180 Å². The molecule has 1 aromatic carbocycles. The van der Waals surface area contributed by atoms with E-state index < -0.39 is 17.7 Å². The van der Waals surface area contributed by atoms with Crippen LogP contribution in [0.2, 0.25) is 0 Å². The Morgan fingerprint density at radius 2 is 1.93 bits per heavy atom. The molecule has 1 aliphatic rings. The number of rotatable bonds is 9. The molecule has 0 bridgehead atoms. The summed E-state index contributed by atoms with van der Waals surface area (Å²) in [6, 6.07) is 8.03. The molecular formula is C22H26N2O5S. The molecule has 0 fully saturated rings. The highest BCUT2D eigenvalue weighted by molar-refractivity contribution is 7.12. The third-order valence-electron chi connectivity index (χ3n) is 5.02. The summed E-state index contributed by atoms with van der Waals surface area (Å²) in [4.78, 5) is 30.2. The first-order valence-corrected chi connectivity index (χ1v) is 10.5. The summed E-state index contributed by atoms with van der Waals surface area (Å²) in [6.07, 6.45) is 0.705. The minimum absolute atomic E-state index is 0.0968. The van der Waals surface area contributed by atoms with Crippen LogP contribution in [0, 0.1) is 0 Å². The standard InChI is InChI=1S/C22H26N2O5S/c1-23(2)10-6-11-24-19(14-8-9-15(28-3)16(13-14)29-4)18(21(26)22(24)27)20(25)17-7-5-12-30-17/h5,7-9,12-13,19,26H,6,10-11H2,1-4H3. The second-order valence-corrected chi connectivity index (χ2v) is 8.19. The summed E-state index contributed by atoms with van der Waals surface area (Å²) in [5.41, 5.74) is 0.773. The molecule has 160 valence electrons. The second kappa shape index (κ2) is 9.32. The smallest absolute Gasteiger partial charge is 0.290 e. The van der Waals surface area contributed by atoms with Crippen LogP contribution in [0.5, 0.6) is 11.5 Å². The average molecular weight is 431 g/mol. The van der Waals surface area contributed by atoms with Crippen LogP contribution < -0.4 is 9.47 Å². The van der Waals surface area contributed by atoms with Gasteiger partial charge >= 0.3 is 0 Å². The van der Waals surface area contributed by atoms with E-state index >= 15 is 0 Å². The lowest BCUT2D eigenvalue weighted by atomic mass is 9.95. The zero-order valence-electron chi connectivity index (χ0n) is 17.5. The number of hydrogen-bond acceptors (Lipinski definition) is 7. The van der Waals surface area contributed by atoms with E-state index in [1.165, 1.54) is 18.4 Å². The Bertz CT molecular complexity index is 952. The highest BCUT2D eigenvalue weighted by Gasteiger charge is 2.44. The van der Waals surface area contributed by atoms with Crippen LogP contribution >= 0.6 is 11.3 Å². The summed E-state index contributed by atoms with van der Waals surface area (Å²) in [7, 11) is 6.99. The van der Waals surface area contributed by atoms with Crippen molar-refractivity contribution in [3.63, 3.8) is 0 Å². The van der Waals surface area contributed by atoms with Gasteiger partial charge in [-0.05, 0) is 56.2 Å². The third kappa shape index (κ3) is 4.20. The van der Waals surface area contributed by atoms with Gasteiger partial charge in [0.05, 0.1) is 30.7 Å². The minimum Gasteiger partial charge on any atom is -0.503 e. The second-order valence-electron chi connectivity index (χ2n) is 7.24. The quantitative estimate of drug-likeness (QED) is 0.615. The number of nitrogens with zero attached hydrogens (tertiary/aromatic N) is 2. The number of Topliss-reactive ketones (excluding diaryl/α,β-unsaturated/α-hetero) is 1. The van der Waals surface area contributed by atoms with E-state index in [4.69, 9.17) is 9.47 Å². The van der Waals surface area contributed by atoms with Crippen LogP contribution in [0.3, 0.4) is 0 Å². The molecular weight excluding hydrogens is 404 g/mol. The molecule has 0 aliphatic carbocycles. The van der Waals surface area contributed by atoms with Crippen molar-refractivity contribution in [3.05, 3.63) is 57.5 Å². The van der Waals surface area contributed by atoms with Gasteiger partial charge in [0.25, 0.3) is 5.91 Å². The molecule has 1 unspecified atom stereocenters. The average Bonchev–Trinajstić information content (AvgIpc) is 3.35. The predicted octanol–water partition coefficient (Wildman–Crippen LogP) is 3.30. The topological polar surface area (TPSA) is 79.3 Å². The number of carbonyl (C=O) groups excluding carboxylic acids is 2. The largest absolute Gasteiger partial charge is 0.503 e. The van der Waals surface area contributed by atoms with Gasteiger partial charge in [0.1, 0.15) is 0 Å². The Morgan fingerprint density at radius 1 is 1.20 bits per heavy atom. The van der Waals surface area contributed by atoms with Gasteiger partial charge in [0.15, 0.2) is 17.3 Å². The van der Waals surface area contributed by atoms with Crippen molar-refractivity contribution < 1.29 is 24.2 Å². The number of aliphatic hydroxyl groups is 1. The van der Waals surface area contributed by atoms with E-state index in [1.807, 2.05) is 19.0 Å². The molecule has 0 spiro atoms. The lowest BCUT2D eigenvalue weighted by Crippen LogP contribution is -2.33. The fourth-order valence-electron chi connectivity index (χ4n) is 3.58. The van der Waals surface area contributed by atoms with Crippen LogP contribution in [0.15, 0.2) is 47.0 Å². The first-order valence-electron chi connectivity index (χ1n) is 9.58. The van der Waals surface area contributed by atoms with Gasteiger partial charge in [-0.25, -0.2) is 0 Å². The number of thiophene rings is 1. The fraction of sp³-hybridized carbons (Fsp3) is 0.364. The first kappa shape index (κ1) is 21.9. The van der Waals surface area contributed by atoms with Crippen molar-refractivity contribution >= 4 is 23.0 Å². The Morgan fingerprint density at radius 3 is 2.53 bits per heavy atom. The maximum absolute atomic E-state index is 13.2. The monoisotopic (exact) mass is 430 g/mol. The van der Waals surface area contributed by atoms with Crippen LogP contribution in [0.4, 0.5) is 0 Å². The zero-order valence-corrected chi connectivity index (χ0v) is 18.4. The number of ether oxygens (including phenoxy) is 2. The van der Waals surface area contributed by atoms with E-state index in [0.29, 0.717) is 34.9 Å². The summed E-state index contributed by atoms with van der Waals surface area (Å²) >= 11 is 1.28. The lowest BCUT2D eigenvalue weighted by Gasteiger charge is -2.27. The number of ketones is 1. The number of methoxy groups -OCH3 is 2. The molecule has 0 saturated carbocycles. The number of carbonyl (C=O) groups is 2. The zero-order chi connectivity index (χ0) is 21.8. The predicted molar refractivity (Wildman–Crippen MR) is 115 cm³/mol. The van der Waals surface area contributed by atoms with E-state index in [-0.39, 0.29) is 11.4 Å². The molecule has 1 aromatic heterocycles. The van der Waals surface area contributed by atoms with Crippen LogP contribution in [-0.2, 0) is 4.79 Å². The molecule has 30 heavy (non-hydrogen) atoms. The molecule has 7 nitrogen and oxygen atoms in total.